The molecule has 4 rings (SSSR count). The molecule has 170 valence electrons. The van der Waals surface area contributed by atoms with Crippen molar-refractivity contribution < 1.29 is 13.9 Å². The van der Waals surface area contributed by atoms with Gasteiger partial charge in [0.2, 0.25) is 5.91 Å². The number of likely N-dealkylation sites (N-methyl/N-ethyl adjacent to an activating group) is 1. The molecule has 0 spiro atoms. The van der Waals surface area contributed by atoms with E-state index in [1.165, 1.54) is 17.7 Å². The number of nitrogens with zero attached hydrogens (tertiary/aromatic N) is 2. The Kier molecular flexibility index (Phi) is 9.13. The first-order valence-corrected chi connectivity index (χ1v) is 10.2. The van der Waals surface area contributed by atoms with E-state index in [0.29, 0.717) is 24.3 Å². The van der Waals surface area contributed by atoms with Gasteiger partial charge in [0, 0.05) is 49.8 Å². The smallest absolute Gasteiger partial charge is 0.236 e. The van der Waals surface area contributed by atoms with Gasteiger partial charge in [0.1, 0.15) is 11.6 Å². The molecule has 0 unspecified atom stereocenters. The molecule has 0 radical (unpaired) electrons. The van der Waals surface area contributed by atoms with Gasteiger partial charge in [-0.05, 0) is 36.7 Å². The summed E-state index contributed by atoms with van der Waals surface area (Å²) in [6.45, 7) is 3.94. The second-order valence-electron chi connectivity index (χ2n) is 7.98. The fraction of sp³-hybridized carbons (Fsp3) is 0.435. The lowest BCUT2D eigenvalue weighted by molar-refractivity contribution is -0.131. The van der Waals surface area contributed by atoms with Crippen molar-refractivity contribution in [3.8, 4) is 16.9 Å². The van der Waals surface area contributed by atoms with E-state index in [4.69, 9.17) is 4.74 Å². The van der Waals surface area contributed by atoms with Crippen LogP contribution in [0.5, 0.6) is 5.75 Å². The average molecular weight is 470 g/mol. The minimum absolute atomic E-state index is 0. The third kappa shape index (κ3) is 6.10. The number of carbonyl (C=O) groups excluding carboxylic acids is 1. The summed E-state index contributed by atoms with van der Waals surface area (Å²) in [6, 6.07) is 13.3. The number of halogens is 3. The lowest BCUT2D eigenvalue weighted by atomic mass is 10.0. The number of carbonyl (C=O) groups is 1. The van der Waals surface area contributed by atoms with Gasteiger partial charge in [0.05, 0.1) is 13.7 Å². The highest BCUT2D eigenvalue weighted by Gasteiger charge is 2.38. The van der Waals surface area contributed by atoms with Gasteiger partial charge in [-0.1, -0.05) is 24.3 Å². The maximum atomic E-state index is 13.4. The maximum absolute atomic E-state index is 13.4. The molecule has 1 N–H and O–H groups in total. The Morgan fingerprint density at radius 3 is 2.42 bits per heavy atom. The van der Waals surface area contributed by atoms with Gasteiger partial charge in [0.25, 0.3) is 0 Å². The van der Waals surface area contributed by atoms with Crippen LogP contribution in [0.3, 0.4) is 0 Å². The molecule has 2 aliphatic rings. The third-order valence-electron chi connectivity index (χ3n) is 5.98. The van der Waals surface area contributed by atoms with Gasteiger partial charge in [-0.15, -0.1) is 24.8 Å². The molecule has 1 saturated heterocycles. The van der Waals surface area contributed by atoms with Crippen LogP contribution in [-0.2, 0) is 4.79 Å². The molecule has 1 aliphatic carbocycles. The normalized spacial score (nSPS) is 20.4. The summed E-state index contributed by atoms with van der Waals surface area (Å²) < 4.78 is 18.7. The molecular weight excluding hydrogens is 440 g/mol. The number of benzene rings is 2. The van der Waals surface area contributed by atoms with Crippen molar-refractivity contribution in [2.75, 3.05) is 46.9 Å². The summed E-state index contributed by atoms with van der Waals surface area (Å²) in [5.41, 5.74) is 3.14. The van der Waals surface area contributed by atoms with E-state index in [-0.39, 0.29) is 36.5 Å². The molecule has 1 aliphatic heterocycles. The third-order valence-corrected chi connectivity index (χ3v) is 5.98. The molecule has 0 bridgehead atoms. The minimum Gasteiger partial charge on any atom is -0.496 e. The second-order valence-corrected chi connectivity index (χ2v) is 7.98. The molecule has 2 fully saturated rings. The number of methoxy groups -OCH3 is 1. The standard InChI is InChI=1S/C23H28FN3O2.2ClH/c1-26-9-11-27(12-10-26)23(28)15-25-21-14-20(21)17-5-3-16(4-6-17)19-8-7-18(24)13-22(19)29-2;;/h3-8,13,20-21,25H,9-12,14-15H2,1-2H3;2*1H/t20-,21+;;/m0../s1. The molecule has 1 heterocycles. The van der Waals surface area contributed by atoms with E-state index < -0.39 is 0 Å². The summed E-state index contributed by atoms with van der Waals surface area (Å²) >= 11 is 0. The highest BCUT2D eigenvalue weighted by atomic mass is 35.5. The van der Waals surface area contributed by atoms with Gasteiger partial charge in [-0.2, -0.15) is 0 Å². The molecule has 2 aromatic rings. The van der Waals surface area contributed by atoms with E-state index in [0.717, 1.165) is 43.7 Å². The Hall–Kier alpha value is -1.86. The zero-order valence-corrected chi connectivity index (χ0v) is 19.5. The van der Waals surface area contributed by atoms with E-state index in [1.807, 2.05) is 4.90 Å². The second kappa shape index (κ2) is 11.1. The van der Waals surface area contributed by atoms with Crippen molar-refractivity contribution in [1.82, 2.24) is 15.1 Å². The van der Waals surface area contributed by atoms with Crippen LogP contribution in [0.4, 0.5) is 4.39 Å². The van der Waals surface area contributed by atoms with Gasteiger partial charge >= 0.3 is 0 Å². The number of amides is 1. The number of ether oxygens (including phenoxy) is 1. The maximum Gasteiger partial charge on any atom is 0.236 e. The number of hydrogen-bond acceptors (Lipinski definition) is 4. The van der Waals surface area contributed by atoms with Gasteiger partial charge in [-0.3, -0.25) is 4.79 Å². The van der Waals surface area contributed by atoms with Crippen molar-refractivity contribution in [2.45, 2.75) is 18.4 Å². The summed E-state index contributed by atoms with van der Waals surface area (Å²) in [6.07, 6.45) is 1.05. The predicted octanol–water partition coefficient (Wildman–Crippen LogP) is 3.56. The van der Waals surface area contributed by atoms with Gasteiger partial charge < -0.3 is 19.9 Å². The Labute approximate surface area is 195 Å². The summed E-state index contributed by atoms with van der Waals surface area (Å²) in [5.74, 6) is 0.869. The molecule has 2 aromatic carbocycles. The highest BCUT2D eigenvalue weighted by Crippen LogP contribution is 2.41. The lowest BCUT2D eigenvalue weighted by Gasteiger charge is -2.32. The van der Waals surface area contributed by atoms with E-state index >= 15 is 0 Å². The Balaban J connectivity index is 0.00000171. The van der Waals surface area contributed by atoms with Crippen molar-refractivity contribution in [3.63, 3.8) is 0 Å². The fourth-order valence-corrected chi connectivity index (χ4v) is 3.99. The Morgan fingerprint density at radius 1 is 1.10 bits per heavy atom. The van der Waals surface area contributed by atoms with Crippen molar-refractivity contribution in [1.29, 1.82) is 0 Å². The molecule has 1 saturated carbocycles. The first-order chi connectivity index (χ1) is 14.0. The van der Waals surface area contributed by atoms with E-state index in [1.54, 1.807) is 13.2 Å². The van der Waals surface area contributed by atoms with Crippen LogP contribution in [-0.4, -0.2) is 68.6 Å². The summed E-state index contributed by atoms with van der Waals surface area (Å²) in [7, 11) is 3.64. The van der Waals surface area contributed by atoms with Crippen LogP contribution in [0.25, 0.3) is 11.1 Å². The molecule has 8 heteroatoms. The first-order valence-electron chi connectivity index (χ1n) is 10.2. The summed E-state index contributed by atoms with van der Waals surface area (Å²) in [4.78, 5) is 16.6. The topological polar surface area (TPSA) is 44.8 Å². The molecule has 31 heavy (non-hydrogen) atoms. The summed E-state index contributed by atoms with van der Waals surface area (Å²) in [5, 5.41) is 3.42. The first kappa shape index (κ1) is 25.4. The lowest BCUT2D eigenvalue weighted by Crippen LogP contribution is -2.49. The zero-order chi connectivity index (χ0) is 20.4. The molecule has 2 atom stereocenters. The highest BCUT2D eigenvalue weighted by molar-refractivity contribution is 5.85. The van der Waals surface area contributed by atoms with Crippen LogP contribution in [0.1, 0.15) is 17.9 Å². The minimum atomic E-state index is -0.305. The van der Waals surface area contributed by atoms with Crippen LogP contribution in [0.15, 0.2) is 42.5 Å². The molecule has 5 nitrogen and oxygen atoms in total. The predicted molar refractivity (Wildman–Crippen MR) is 126 cm³/mol. The number of piperazine rings is 1. The van der Waals surface area contributed by atoms with Gasteiger partial charge in [0.15, 0.2) is 0 Å². The molecule has 0 aromatic heterocycles. The van der Waals surface area contributed by atoms with Crippen LogP contribution in [0.2, 0.25) is 0 Å². The van der Waals surface area contributed by atoms with Crippen LogP contribution >= 0.6 is 24.8 Å². The SMILES string of the molecule is COc1cc(F)ccc1-c1ccc([C@@H]2C[C@H]2NCC(=O)N2CCN(C)CC2)cc1.Cl.Cl. The Morgan fingerprint density at radius 2 is 1.77 bits per heavy atom. The monoisotopic (exact) mass is 469 g/mol. The zero-order valence-electron chi connectivity index (χ0n) is 17.8. The van der Waals surface area contributed by atoms with Crippen LogP contribution in [0, 0.1) is 5.82 Å². The van der Waals surface area contributed by atoms with Crippen molar-refractivity contribution in [3.05, 3.63) is 53.8 Å². The van der Waals surface area contributed by atoms with E-state index in [2.05, 4.69) is 41.5 Å². The average Bonchev–Trinajstić information content (AvgIpc) is 3.52. The largest absolute Gasteiger partial charge is 0.496 e. The van der Waals surface area contributed by atoms with Crippen molar-refractivity contribution >= 4 is 30.7 Å². The van der Waals surface area contributed by atoms with E-state index in [9.17, 15) is 9.18 Å². The van der Waals surface area contributed by atoms with Gasteiger partial charge in [-0.25, -0.2) is 4.39 Å². The quantitative estimate of drug-likeness (QED) is 0.702. The molecule has 1 amide bonds. The number of hydrogen-bond donors (Lipinski definition) is 1. The fourth-order valence-electron chi connectivity index (χ4n) is 3.99. The van der Waals surface area contributed by atoms with Crippen molar-refractivity contribution in [2.24, 2.45) is 0 Å². The van der Waals surface area contributed by atoms with Crippen LogP contribution < -0.4 is 10.1 Å². The number of rotatable bonds is 6. The molecular formula is C23H30Cl2FN3O2. The Bertz CT molecular complexity index is 874. The number of nitrogens with one attached hydrogen (secondary N) is 1.